The number of halogens is 4. The molecule has 15 nitrogen and oxygen atoms in total. The van der Waals surface area contributed by atoms with E-state index >= 15 is 4.39 Å². The molecule has 2 aromatic rings. The van der Waals surface area contributed by atoms with Gasteiger partial charge in [-0.1, -0.05) is 32.4 Å². The molecule has 0 spiro atoms. The quantitative estimate of drug-likeness (QED) is 0.203. The number of allylic oxidation sites excluding steroid dienone is 1. The van der Waals surface area contributed by atoms with E-state index in [1.807, 2.05) is 13.0 Å². The average Bonchev–Trinajstić information content (AvgIpc) is 4.06. The van der Waals surface area contributed by atoms with Gasteiger partial charge in [-0.25, -0.2) is 22.6 Å². The van der Waals surface area contributed by atoms with Crippen LogP contribution in [0.1, 0.15) is 86.0 Å². The number of carbonyl (C=O) groups excluding carboxylic acids is 4. The Morgan fingerprint density at radius 1 is 1.07 bits per heavy atom. The third-order valence-electron chi connectivity index (χ3n) is 12.5. The number of carbonyl (C=O) groups is 4. The fourth-order valence-electron chi connectivity index (χ4n) is 8.02. The van der Waals surface area contributed by atoms with Crippen LogP contribution in [-0.2, 0) is 29.1 Å². The molecule has 2 saturated carbocycles. The fraction of sp³-hybridized carbons (Fsp3) is 0.634. The van der Waals surface area contributed by atoms with E-state index in [1.165, 1.54) is 33.4 Å². The number of aromatic nitrogens is 1. The van der Waals surface area contributed by atoms with Gasteiger partial charge in [0, 0.05) is 17.7 Å². The maximum atomic E-state index is 15.1. The van der Waals surface area contributed by atoms with Gasteiger partial charge in [0.05, 0.1) is 37.1 Å². The summed E-state index contributed by atoms with van der Waals surface area (Å²) in [5.74, 6) is -4.59. The van der Waals surface area contributed by atoms with Crippen molar-refractivity contribution in [3.05, 3.63) is 36.3 Å². The third kappa shape index (κ3) is 9.19. The average molecular weight is 884 g/mol. The highest BCUT2D eigenvalue weighted by Crippen LogP contribution is 2.48. The molecule has 3 fully saturated rings. The van der Waals surface area contributed by atoms with Gasteiger partial charge >= 0.3 is 12.3 Å². The van der Waals surface area contributed by atoms with E-state index in [-0.39, 0.29) is 48.1 Å². The van der Waals surface area contributed by atoms with E-state index in [4.69, 9.17) is 18.9 Å². The van der Waals surface area contributed by atoms with Crippen LogP contribution < -0.4 is 29.6 Å². The van der Waals surface area contributed by atoms with Gasteiger partial charge in [0.25, 0.3) is 5.91 Å². The summed E-state index contributed by atoms with van der Waals surface area (Å²) in [6, 6.07) is -0.386. The second-order valence-electron chi connectivity index (χ2n) is 17.3. The summed E-state index contributed by atoms with van der Waals surface area (Å²) in [5.41, 5.74) is -4.62. The SMILES string of the molecule is CC[C@@H]1C[C@H](C)CC/C=C\[C@@H]2C[C@@]2(C(=O)NS(=O)(=O)C2(C)CC2)NC(=O)[C@@H]2C[C@@H](Oc3ncc(OC)c4cc(OC)c(F)cc34)CN2C(=O)[C@H]1NC(=O)OC(C)(C)C(F)(F)F. The number of methoxy groups -OCH3 is 2. The van der Waals surface area contributed by atoms with Crippen molar-refractivity contribution in [1.82, 2.24) is 25.2 Å². The Balaban J connectivity index is 1.39. The molecule has 4 amide bonds. The Bertz CT molecular complexity index is 2200. The van der Waals surface area contributed by atoms with Crippen LogP contribution in [0.15, 0.2) is 30.5 Å². The first-order valence-electron chi connectivity index (χ1n) is 20.3. The summed E-state index contributed by atoms with van der Waals surface area (Å²) in [6.07, 6.45) is -0.277. The van der Waals surface area contributed by atoms with Gasteiger partial charge in [-0.05, 0) is 83.3 Å². The van der Waals surface area contributed by atoms with Gasteiger partial charge in [0.2, 0.25) is 33.3 Å². The number of amides is 4. The highest BCUT2D eigenvalue weighted by atomic mass is 32.2. The molecule has 7 atom stereocenters. The van der Waals surface area contributed by atoms with Crippen molar-refractivity contribution in [3.8, 4) is 17.4 Å². The minimum atomic E-state index is -4.95. The standard InChI is InChI=1S/C41H53F4N5O10S/c1-8-23-15-22(2)11-9-10-12-24-19-40(24,36(53)49-61(55,56)39(5)13-14-39)48-33(51)29-16-25(21-50(29)35(52)32(23)47-37(54)60-38(3,4)41(43,44)45)59-34-27-17-28(42)30(57-6)18-26(27)31(58-7)20-46-34/h10,12,17-18,20,22-25,29,32H,8-9,11,13-16,19,21H2,1-7H3,(H,47,54)(H,48,51)(H,49,53)/b12-10-/t22-,23-,24-,25-,29+,32+,40-/m1/s1. The number of nitrogens with zero attached hydrogens (tertiary/aromatic N) is 2. The largest absolute Gasteiger partial charge is 0.494 e. The number of nitrogens with one attached hydrogen (secondary N) is 3. The number of fused-ring (bicyclic) bond motifs is 3. The first-order chi connectivity index (χ1) is 28.5. The predicted molar refractivity (Wildman–Crippen MR) is 212 cm³/mol. The van der Waals surface area contributed by atoms with E-state index in [2.05, 4.69) is 20.3 Å². The molecule has 2 aliphatic heterocycles. The Morgan fingerprint density at radius 2 is 1.75 bits per heavy atom. The monoisotopic (exact) mass is 883 g/mol. The minimum absolute atomic E-state index is 0.0587. The molecule has 6 rings (SSSR count). The highest BCUT2D eigenvalue weighted by molar-refractivity contribution is 7.91. The van der Waals surface area contributed by atoms with E-state index in [9.17, 15) is 40.8 Å². The molecule has 1 aromatic carbocycles. The van der Waals surface area contributed by atoms with Crippen LogP contribution in [0, 0.1) is 23.6 Å². The molecular weight excluding hydrogens is 831 g/mol. The summed E-state index contributed by atoms with van der Waals surface area (Å²) in [6.45, 7) is 6.23. The van der Waals surface area contributed by atoms with Crippen molar-refractivity contribution < 1.29 is 64.1 Å². The van der Waals surface area contributed by atoms with Crippen LogP contribution in [0.2, 0.25) is 0 Å². The van der Waals surface area contributed by atoms with E-state index < -0.39 is 91.7 Å². The highest BCUT2D eigenvalue weighted by Gasteiger charge is 2.63. The molecular formula is C41H53F4N5O10S. The molecule has 0 unspecified atom stereocenters. The zero-order chi connectivity index (χ0) is 44.9. The number of alkyl halides is 3. The lowest BCUT2D eigenvalue weighted by Gasteiger charge is -2.35. The summed E-state index contributed by atoms with van der Waals surface area (Å²) in [7, 11) is -1.44. The molecule has 1 aromatic heterocycles. The molecule has 4 aliphatic rings. The van der Waals surface area contributed by atoms with Gasteiger partial charge in [0.1, 0.15) is 29.5 Å². The Labute approximate surface area is 351 Å². The van der Waals surface area contributed by atoms with Crippen LogP contribution in [0.3, 0.4) is 0 Å². The zero-order valence-corrected chi connectivity index (χ0v) is 35.9. The first-order valence-corrected chi connectivity index (χ1v) is 21.8. The number of alkyl carbamates (subject to hydrolysis) is 1. The number of ether oxygens (including phenoxy) is 4. The van der Waals surface area contributed by atoms with Gasteiger partial charge in [-0.2, -0.15) is 13.2 Å². The molecule has 3 N–H and O–H groups in total. The smallest absolute Gasteiger partial charge is 0.427 e. The van der Waals surface area contributed by atoms with Crippen molar-refractivity contribution in [2.45, 2.75) is 126 Å². The second kappa shape index (κ2) is 16.8. The van der Waals surface area contributed by atoms with Crippen LogP contribution in [0.25, 0.3) is 10.8 Å². The van der Waals surface area contributed by atoms with Crippen molar-refractivity contribution >= 4 is 44.6 Å². The number of benzene rings is 1. The maximum absolute atomic E-state index is 15.1. The Kier molecular flexibility index (Phi) is 12.5. The number of hydrogen-bond donors (Lipinski definition) is 3. The third-order valence-corrected chi connectivity index (χ3v) is 14.7. The minimum Gasteiger partial charge on any atom is -0.494 e. The topological polar surface area (TPSA) is 192 Å². The molecule has 0 radical (unpaired) electrons. The zero-order valence-electron chi connectivity index (χ0n) is 35.1. The lowest BCUT2D eigenvalue weighted by molar-refractivity contribution is -0.244. The summed E-state index contributed by atoms with van der Waals surface area (Å²) in [5, 5.41) is 5.69. The second-order valence-corrected chi connectivity index (χ2v) is 19.5. The first kappa shape index (κ1) is 45.6. The molecule has 3 heterocycles. The lowest BCUT2D eigenvalue weighted by Crippen LogP contribution is -2.60. The number of rotatable bonds is 10. The lowest BCUT2D eigenvalue weighted by atomic mass is 9.85. The van der Waals surface area contributed by atoms with Gasteiger partial charge in [-0.15, -0.1) is 0 Å². The van der Waals surface area contributed by atoms with Gasteiger partial charge in [0.15, 0.2) is 11.6 Å². The summed E-state index contributed by atoms with van der Waals surface area (Å²) < 4.78 is 106. The summed E-state index contributed by atoms with van der Waals surface area (Å²) in [4.78, 5) is 62.2. The van der Waals surface area contributed by atoms with Crippen molar-refractivity contribution in [1.29, 1.82) is 0 Å². The molecule has 336 valence electrons. The summed E-state index contributed by atoms with van der Waals surface area (Å²) >= 11 is 0. The van der Waals surface area contributed by atoms with Gasteiger partial charge in [-0.3, -0.25) is 19.1 Å². The molecule has 1 saturated heterocycles. The fourth-order valence-corrected chi connectivity index (χ4v) is 9.33. The van der Waals surface area contributed by atoms with Crippen molar-refractivity contribution in [3.63, 3.8) is 0 Å². The number of sulfonamides is 1. The predicted octanol–water partition coefficient (Wildman–Crippen LogP) is 5.45. The van der Waals surface area contributed by atoms with Crippen molar-refractivity contribution in [2.24, 2.45) is 17.8 Å². The van der Waals surface area contributed by atoms with Crippen LogP contribution >= 0.6 is 0 Å². The molecule has 20 heteroatoms. The normalized spacial score (nSPS) is 28.5. The molecule has 2 aliphatic carbocycles. The maximum Gasteiger partial charge on any atom is 0.427 e. The Morgan fingerprint density at radius 3 is 2.38 bits per heavy atom. The number of hydrogen-bond acceptors (Lipinski definition) is 11. The van der Waals surface area contributed by atoms with Gasteiger partial charge < -0.3 is 34.5 Å². The number of pyridine rings is 1. The van der Waals surface area contributed by atoms with E-state index in [1.54, 1.807) is 13.0 Å². The molecule has 61 heavy (non-hydrogen) atoms. The van der Waals surface area contributed by atoms with E-state index in [0.717, 1.165) is 11.0 Å². The van der Waals surface area contributed by atoms with Crippen LogP contribution in [0.5, 0.6) is 17.4 Å². The van der Waals surface area contributed by atoms with Crippen LogP contribution in [0.4, 0.5) is 22.4 Å². The van der Waals surface area contributed by atoms with Crippen LogP contribution in [-0.4, -0.2) is 103 Å². The molecule has 0 bridgehead atoms. The Hall–Kier alpha value is -4.88. The van der Waals surface area contributed by atoms with Crippen molar-refractivity contribution in [2.75, 3.05) is 20.8 Å². The van der Waals surface area contributed by atoms with E-state index in [0.29, 0.717) is 57.8 Å².